The highest BCUT2D eigenvalue weighted by atomic mass is 16.6. The second-order valence-corrected chi connectivity index (χ2v) is 4.23. The molecule has 1 N–H and O–H groups in total. The molecular weight excluding hydrogens is 222 g/mol. The summed E-state index contributed by atoms with van der Waals surface area (Å²) in [6, 6.07) is 6.78. The zero-order valence-electron chi connectivity index (χ0n) is 9.41. The van der Waals surface area contributed by atoms with E-state index in [2.05, 4.69) is 0 Å². The molecule has 92 valence electrons. The summed E-state index contributed by atoms with van der Waals surface area (Å²) in [4.78, 5) is 10.6. The third kappa shape index (κ3) is 2.62. The van der Waals surface area contributed by atoms with Crippen LogP contribution in [-0.2, 0) is 4.74 Å². The van der Waals surface area contributed by atoms with E-state index in [1.807, 2.05) is 0 Å². The Morgan fingerprint density at radius 1 is 1.41 bits per heavy atom. The molecule has 1 saturated heterocycles. The molecule has 5 heteroatoms. The Morgan fingerprint density at radius 2 is 2.18 bits per heavy atom. The van der Waals surface area contributed by atoms with Gasteiger partial charge in [-0.2, -0.15) is 0 Å². The topological polar surface area (TPSA) is 72.6 Å². The van der Waals surface area contributed by atoms with E-state index < -0.39 is 0 Å². The number of nitro groups is 1. The second-order valence-electron chi connectivity index (χ2n) is 4.23. The van der Waals surface area contributed by atoms with Gasteiger partial charge >= 0.3 is 0 Å². The lowest BCUT2D eigenvalue weighted by Crippen LogP contribution is -2.27. The summed E-state index contributed by atoms with van der Waals surface area (Å²) < 4.78 is 5.46. The van der Waals surface area contributed by atoms with Crippen molar-refractivity contribution in [3.8, 4) is 0 Å². The third-order valence-electron chi connectivity index (χ3n) is 3.15. The summed E-state index contributed by atoms with van der Waals surface area (Å²) in [6.45, 7) is 0.458. The molecule has 1 aromatic rings. The van der Waals surface area contributed by atoms with Crippen LogP contribution in [0.1, 0.15) is 24.3 Å². The first kappa shape index (κ1) is 12.0. The minimum atomic E-state index is -0.354. The van der Waals surface area contributed by atoms with E-state index in [9.17, 15) is 10.1 Å². The molecular formula is C12H15NO4. The molecule has 0 spiro atoms. The maximum Gasteiger partial charge on any atom is 0.272 e. The van der Waals surface area contributed by atoms with Gasteiger partial charge < -0.3 is 9.84 Å². The third-order valence-corrected chi connectivity index (χ3v) is 3.15. The van der Waals surface area contributed by atoms with Crippen LogP contribution in [0, 0.1) is 10.1 Å². The fourth-order valence-corrected chi connectivity index (χ4v) is 2.19. The molecule has 0 aromatic heterocycles. The Balaban J connectivity index is 2.15. The number of nitrogens with zero attached hydrogens (tertiary/aromatic N) is 1. The Morgan fingerprint density at radius 3 is 2.76 bits per heavy atom. The van der Waals surface area contributed by atoms with E-state index in [1.165, 1.54) is 6.07 Å². The Hall–Kier alpha value is -1.46. The molecule has 2 rings (SSSR count). The van der Waals surface area contributed by atoms with Gasteiger partial charge in [0.1, 0.15) is 0 Å². The number of hydrogen-bond donors (Lipinski definition) is 1. The van der Waals surface area contributed by atoms with E-state index in [0.717, 1.165) is 18.4 Å². The van der Waals surface area contributed by atoms with Gasteiger partial charge in [-0.15, -0.1) is 0 Å². The quantitative estimate of drug-likeness (QED) is 0.643. The Kier molecular flexibility index (Phi) is 3.71. The lowest BCUT2D eigenvalue weighted by Gasteiger charge is -2.27. The number of aliphatic hydroxyl groups is 1. The largest absolute Gasteiger partial charge is 0.394 e. The first-order chi connectivity index (χ1) is 8.22. The smallest absolute Gasteiger partial charge is 0.272 e. The van der Waals surface area contributed by atoms with Crippen LogP contribution in [0.25, 0.3) is 0 Å². The summed E-state index contributed by atoms with van der Waals surface area (Å²) in [5, 5.41) is 19.9. The monoisotopic (exact) mass is 237 g/mol. The highest BCUT2D eigenvalue weighted by molar-refractivity contribution is 5.42. The highest BCUT2D eigenvalue weighted by Crippen LogP contribution is 2.33. The minimum absolute atomic E-state index is 0.0175. The van der Waals surface area contributed by atoms with Gasteiger partial charge in [0.2, 0.25) is 0 Å². The maximum atomic E-state index is 10.9. The van der Waals surface area contributed by atoms with Crippen LogP contribution < -0.4 is 0 Å². The van der Waals surface area contributed by atoms with Gasteiger partial charge in [0.15, 0.2) is 0 Å². The Labute approximate surface area is 99.2 Å². The van der Waals surface area contributed by atoms with Crippen molar-refractivity contribution in [2.45, 2.75) is 24.9 Å². The molecule has 2 atom stereocenters. The van der Waals surface area contributed by atoms with E-state index in [0.29, 0.717) is 6.61 Å². The van der Waals surface area contributed by atoms with E-state index in [1.54, 1.807) is 18.2 Å². The van der Waals surface area contributed by atoms with Gasteiger partial charge in [0.25, 0.3) is 5.69 Å². The zero-order chi connectivity index (χ0) is 12.3. The SMILES string of the molecule is O=[N+]([O-])c1ccccc1C1CCC(CO)OC1. The summed E-state index contributed by atoms with van der Waals surface area (Å²) in [7, 11) is 0. The number of rotatable bonds is 3. The number of hydrogen-bond acceptors (Lipinski definition) is 4. The summed E-state index contributed by atoms with van der Waals surface area (Å²) in [6.07, 6.45) is 1.44. The molecule has 1 heterocycles. The molecule has 1 aliphatic rings. The fourth-order valence-electron chi connectivity index (χ4n) is 2.19. The molecule has 0 aliphatic carbocycles. The molecule has 1 aromatic carbocycles. The minimum Gasteiger partial charge on any atom is -0.394 e. The second kappa shape index (κ2) is 5.25. The molecule has 0 bridgehead atoms. The summed E-state index contributed by atoms with van der Waals surface area (Å²) in [5.74, 6) is 0.0550. The molecule has 1 aliphatic heterocycles. The predicted molar refractivity (Wildman–Crippen MR) is 61.9 cm³/mol. The lowest BCUT2D eigenvalue weighted by molar-refractivity contribution is -0.385. The summed E-state index contributed by atoms with van der Waals surface area (Å²) in [5.41, 5.74) is 0.887. The lowest BCUT2D eigenvalue weighted by atomic mass is 9.90. The number of ether oxygens (including phenoxy) is 1. The highest BCUT2D eigenvalue weighted by Gasteiger charge is 2.27. The molecule has 2 unspecified atom stereocenters. The van der Waals surface area contributed by atoms with Gasteiger partial charge in [0, 0.05) is 17.5 Å². The van der Waals surface area contributed by atoms with E-state index in [-0.39, 0.29) is 29.2 Å². The average molecular weight is 237 g/mol. The predicted octanol–water partition coefficient (Wildman–Crippen LogP) is 1.85. The number of para-hydroxylation sites is 1. The van der Waals surface area contributed by atoms with Crippen molar-refractivity contribution in [2.75, 3.05) is 13.2 Å². The van der Waals surface area contributed by atoms with Crippen LogP contribution in [0.3, 0.4) is 0 Å². The van der Waals surface area contributed by atoms with Crippen LogP contribution in [0.4, 0.5) is 5.69 Å². The van der Waals surface area contributed by atoms with Gasteiger partial charge in [-0.25, -0.2) is 0 Å². The van der Waals surface area contributed by atoms with Gasteiger partial charge in [-0.05, 0) is 12.8 Å². The van der Waals surface area contributed by atoms with Gasteiger partial charge in [0.05, 0.1) is 24.2 Å². The first-order valence-corrected chi connectivity index (χ1v) is 5.68. The van der Waals surface area contributed by atoms with Gasteiger partial charge in [-0.3, -0.25) is 10.1 Å². The van der Waals surface area contributed by atoms with Crippen LogP contribution in [0.2, 0.25) is 0 Å². The van der Waals surface area contributed by atoms with Gasteiger partial charge in [-0.1, -0.05) is 18.2 Å². The normalized spacial score (nSPS) is 24.5. The standard InChI is InChI=1S/C12H15NO4/c14-7-10-6-5-9(8-17-10)11-3-1-2-4-12(11)13(15)16/h1-4,9-10,14H,5-8H2. The number of nitro benzene ring substituents is 1. The molecule has 0 amide bonds. The van der Waals surface area contributed by atoms with Crippen molar-refractivity contribution in [1.82, 2.24) is 0 Å². The van der Waals surface area contributed by atoms with Crippen LogP contribution >= 0.6 is 0 Å². The van der Waals surface area contributed by atoms with Crippen molar-refractivity contribution >= 4 is 5.69 Å². The molecule has 0 saturated carbocycles. The van der Waals surface area contributed by atoms with Crippen molar-refractivity contribution in [3.63, 3.8) is 0 Å². The molecule has 17 heavy (non-hydrogen) atoms. The molecule has 0 radical (unpaired) electrons. The zero-order valence-corrected chi connectivity index (χ0v) is 9.41. The first-order valence-electron chi connectivity index (χ1n) is 5.68. The molecule has 1 fully saturated rings. The van der Waals surface area contributed by atoms with Crippen LogP contribution in [0.5, 0.6) is 0 Å². The summed E-state index contributed by atoms with van der Waals surface area (Å²) >= 11 is 0. The van der Waals surface area contributed by atoms with Crippen molar-refractivity contribution in [1.29, 1.82) is 0 Å². The van der Waals surface area contributed by atoms with E-state index >= 15 is 0 Å². The van der Waals surface area contributed by atoms with Crippen molar-refractivity contribution in [2.24, 2.45) is 0 Å². The molecule has 5 nitrogen and oxygen atoms in total. The maximum absolute atomic E-state index is 10.9. The van der Waals surface area contributed by atoms with Crippen molar-refractivity contribution in [3.05, 3.63) is 39.9 Å². The number of benzene rings is 1. The number of aliphatic hydroxyl groups excluding tert-OH is 1. The average Bonchev–Trinajstić information content (AvgIpc) is 2.39. The fraction of sp³-hybridized carbons (Fsp3) is 0.500. The van der Waals surface area contributed by atoms with E-state index in [4.69, 9.17) is 9.84 Å². The van der Waals surface area contributed by atoms with Crippen LogP contribution in [0.15, 0.2) is 24.3 Å². The van der Waals surface area contributed by atoms with Crippen molar-refractivity contribution < 1.29 is 14.8 Å². The Bertz CT molecular complexity index is 399. The van der Waals surface area contributed by atoms with Crippen LogP contribution in [-0.4, -0.2) is 29.3 Å².